The fraction of sp³-hybridized carbons (Fsp3) is 1.00. The van der Waals surface area contributed by atoms with E-state index in [0.717, 1.165) is 25.7 Å². The lowest BCUT2D eigenvalue weighted by molar-refractivity contribution is -0.143. The van der Waals surface area contributed by atoms with Crippen LogP contribution < -0.4 is 0 Å². The van der Waals surface area contributed by atoms with Gasteiger partial charge in [0.2, 0.25) is 0 Å². The van der Waals surface area contributed by atoms with Gasteiger partial charge < -0.3 is 5.11 Å². The molecule has 1 N–H and O–H groups in total. The Hall–Kier alpha value is -0.250. The van der Waals surface area contributed by atoms with Crippen LogP contribution in [0, 0.1) is 5.41 Å². The highest BCUT2D eigenvalue weighted by Gasteiger charge is 2.38. The fourth-order valence-corrected chi connectivity index (χ4v) is 2.16. The van der Waals surface area contributed by atoms with E-state index in [1.807, 2.05) is 6.92 Å². The molecular weight excluding hydrogens is 193 g/mol. The van der Waals surface area contributed by atoms with Crippen LogP contribution in [0.1, 0.15) is 45.4 Å². The molecule has 84 valence electrons. The molecule has 0 aromatic rings. The molecule has 0 spiro atoms. The number of alkyl halides is 3. The average molecular weight is 210 g/mol. The number of halogens is 3. The first kappa shape index (κ1) is 11.8. The zero-order valence-electron chi connectivity index (χ0n) is 8.40. The summed E-state index contributed by atoms with van der Waals surface area (Å²) in [5.41, 5.74) is -0.273. The lowest BCUT2D eigenvalue weighted by Gasteiger charge is -2.30. The Morgan fingerprint density at radius 2 is 1.79 bits per heavy atom. The van der Waals surface area contributed by atoms with Crippen LogP contribution >= 0.6 is 0 Å². The molecule has 1 aliphatic carbocycles. The van der Waals surface area contributed by atoms with Gasteiger partial charge in [-0.3, -0.25) is 0 Å². The van der Waals surface area contributed by atoms with E-state index in [0.29, 0.717) is 0 Å². The lowest BCUT2D eigenvalue weighted by Crippen LogP contribution is -2.30. The second kappa shape index (κ2) is 4.09. The molecule has 0 saturated heterocycles. The monoisotopic (exact) mass is 210 g/mol. The van der Waals surface area contributed by atoms with E-state index in [9.17, 15) is 18.3 Å². The number of aliphatic hydroxyl groups is 1. The zero-order chi connectivity index (χ0) is 10.8. The summed E-state index contributed by atoms with van der Waals surface area (Å²) in [7, 11) is 0. The predicted octanol–water partition coefficient (Wildman–Crippen LogP) is 3.27. The molecule has 0 heterocycles. The Balaban J connectivity index is 2.37. The molecule has 0 aromatic heterocycles. The maximum atomic E-state index is 11.9. The highest BCUT2D eigenvalue weighted by atomic mass is 19.4. The molecule has 0 aliphatic heterocycles. The molecule has 0 bridgehead atoms. The van der Waals surface area contributed by atoms with Crippen molar-refractivity contribution in [2.75, 3.05) is 0 Å². The van der Waals surface area contributed by atoms with Crippen molar-refractivity contribution in [3.05, 3.63) is 0 Å². The normalized spacial score (nSPS) is 23.8. The number of rotatable bonds is 3. The summed E-state index contributed by atoms with van der Waals surface area (Å²) in [5, 5.41) is 9.67. The van der Waals surface area contributed by atoms with Crippen LogP contribution in [-0.2, 0) is 0 Å². The fourth-order valence-electron chi connectivity index (χ4n) is 2.16. The highest BCUT2D eigenvalue weighted by molar-refractivity contribution is 4.87. The molecule has 1 fully saturated rings. The molecule has 1 rings (SSSR count). The second-order valence-corrected chi connectivity index (χ2v) is 4.53. The Morgan fingerprint density at radius 3 is 2.21 bits per heavy atom. The third-order valence-electron chi connectivity index (χ3n) is 3.25. The first-order valence-electron chi connectivity index (χ1n) is 5.08. The highest BCUT2D eigenvalue weighted by Crippen LogP contribution is 2.42. The summed E-state index contributed by atoms with van der Waals surface area (Å²) < 4.78 is 35.7. The van der Waals surface area contributed by atoms with Crippen LogP contribution in [0.5, 0.6) is 0 Å². The minimum absolute atomic E-state index is 0.153. The van der Waals surface area contributed by atoms with Crippen LogP contribution in [0.25, 0.3) is 0 Å². The standard InChI is InChI=1S/C10H17F3O/c1-9(5-2-3-6-9)8(14)4-7-10(11,12)13/h8,14H,2-7H2,1H3. The topological polar surface area (TPSA) is 20.2 Å². The van der Waals surface area contributed by atoms with Gasteiger partial charge in [0.1, 0.15) is 0 Å². The van der Waals surface area contributed by atoms with Gasteiger partial charge in [0.25, 0.3) is 0 Å². The Labute approximate surface area is 82.3 Å². The van der Waals surface area contributed by atoms with Gasteiger partial charge in [0, 0.05) is 6.42 Å². The maximum Gasteiger partial charge on any atom is 0.389 e. The van der Waals surface area contributed by atoms with Crippen molar-refractivity contribution < 1.29 is 18.3 Å². The molecule has 0 aromatic carbocycles. The molecular formula is C10H17F3O. The van der Waals surface area contributed by atoms with Crippen molar-refractivity contribution in [1.82, 2.24) is 0 Å². The minimum Gasteiger partial charge on any atom is -0.393 e. The molecule has 1 saturated carbocycles. The molecule has 14 heavy (non-hydrogen) atoms. The van der Waals surface area contributed by atoms with Crippen LogP contribution in [0.4, 0.5) is 13.2 Å². The van der Waals surface area contributed by atoms with E-state index in [-0.39, 0.29) is 11.8 Å². The van der Waals surface area contributed by atoms with E-state index in [4.69, 9.17) is 0 Å². The van der Waals surface area contributed by atoms with Crippen LogP contribution in [-0.4, -0.2) is 17.4 Å². The summed E-state index contributed by atoms with van der Waals surface area (Å²) in [6, 6.07) is 0. The van der Waals surface area contributed by atoms with Gasteiger partial charge in [0.15, 0.2) is 0 Å². The van der Waals surface area contributed by atoms with Gasteiger partial charge >= 0.3 is 6.18 Å². The van der Waals surface area contributed by atoms with Crippen molar-refractivity contribution in [3.63, 3.8) is 0 Å². The largest absolute Gasteiger partial charge is 0.393 e. The molecule has 0 radical (unpaired) electrons. The number of aliphatic hydroxyl groups excluding tert-OH is 1. The summed E-state index contributed by atoms with van der Waals surface area (Å²) >= 11 is 0. The van der Waals surface area contributed by atoms with Crippen LogP contribution in [0.2, 0.25) is 0 Å². The van der Waals surface area contributed by atoms with Crippen molar-refractivity contribution in [1.29, 1.82) is 0 Å². The molecule has 4 heteroatoms. The number of hydrogen-bond acceptors (Lipinski definition) is 1. The van der Waals surface area contributed by atoms with Crippen molar-refractivity contribution >= 4 is 0 Å². The molecule has 1 nitrogen and oxygen atoms in total. The first-order valence-corrected chi connectivity index (χ1v) is 5.08. The zero-order valence-corrected chi connectivity index (χ0v) is 8.40. The first-order chi connectivity index (χ1) is 6.33. The van der Waals surface area contributed by atoms with Crippen LogP contribution in [0.15, 0.2) is 0 Å². The smallest absolute Gasteiger partial charge is 0.389 e. The van der Waals surface area contributed by atoms with Gasteiger partial charge in [-0.2, -0.15) is 13.2 Å². The van der Waals surface area contributed by atoms with Gasteiger partial charge in [0.05, 0.1) is 6.10 Å². The van der Waals surface area contributed by atoms with E-state index in [1.54, 1.807) is 0 Å². The third kappa shape index (κ3) is 3.15. The molecule has 1 aliphatic rings. The van der Waals surface area contributed by atoms with Crippen LogP contribution in [0.3, 0.4) is 0 Å². The van der Waals surface area contributed by atoms with Gasteiger partial charge in [-0.05, 0) is 24.7 Å². The predicted molar refractivity (Wildman–Crippen MR) is 47.9 cm³/mol. The van der Waals surface area contributed by atoms with E-state index < -0.39 is 18.7 Å². The maximum absolute atomic E-state index is 11.9. The van der Waals surface area contributed by atoms with E-state index in [1.165, 1.54) is 0 Å². The van der Waals surface area contributed by atoms with Crippen molar-refractivity contribution in [2.24, 2.45) is 5.41 Å². The summed E-state index contributed by atoms with van der Waals surface area (Å²) in [4.78, 5) is 0. The van der Waals surface area contributed by atoms with E-state index >= 15 is 0 Å². The average Bonchev–Trinajstić information content (AvgIpc) is 2.48. The summed E-state index contributed by atoms with van der Waals surface area (Å²) in [6.45, 7) is 1.89. The third-order valence-corrected chi connectivity index (χ3v) is 3.25. The molecule has 1 atom stereocenters. The van der Waals surface area contributed by atoms with E-state index in [2.05, 4.69) is 0 Å². The lowest BCUT2D eigenvalue weighted by atomic mass is 9.80. The Morgan fingerprint density at radius 1 is 1.29 bits per heavy atom. The molecule has 1 unspecified atom stereocenters. The molecule has 0 amide bonds. The SMILES string of the molecule is CC1(C(O)CCC(F)(F)F)CCCC1. The van der Waals surface area contributed by atoms with Gasteiger partial charge in [-0.15, -0.1) is 0 Å². The quantitative estimate of drug-likeness (QED) is 0.758. The summed E-state index contributed by atoms with van der Waals surface area (Å²) in [5.74, 6) is 0. The van der Waals surface area contributed by atoms with Crippen molar-refractivity contribution in [3.8, 4) is 0 Å². The Bertz CT molecular complexity index is 182. The summed E-state index contributed by atoms with van der Waals surface area (Å²) in [6.07, 6.45) is -2.21. The Kier molecular flexibility index (Phi) is 3.45. The number of hydrogen-bond donors (Lipinski definition) is 1. The second-order valence-electron chi connectivity index (χ2n) is 4.53. The van der Waals surface area contributed by atoms with Gasteiger partial charge in [-0.1, -0.05) is 19.8 Å². The van der Waals surface area contributed by atoms with Crippen molar-refractivity contribution in [2.45, 2.75) is 57.7 Å². The van der Waals surface area contributed by atoms with Gasteiger partial charge in [-0.25, -0.2) is 0 Å². The minimum atomic E-state index is -4.14.